The number of piperazine rings is 1. The number of benzene rings is 1. The molecule has 0 atom stereocenters. The van der Waals surface area contributed by atoms with Crippen LogP contribution in [0.5, 0.6) is 0 Å². The molecule has 0 bridgehead atoms. The van der Waals surface area contributed by atoms with E-state index in [2.05, 4.69) is 57.2 Å². The van der Waals surface area contributed by atoms with Crippen molar-refractivity contribution in [2.24, 2.45) is 0 Å². The third kappa shape index (κ3) is 4.44. The van der Waals surface area contributed by atoms with Gasteiger partial charge in [0.25, 0.3) is 0 Å². The minimum absolute atomic E-state index is 0.214. The van der Waals surface area contributed by atoms with Gasteiger partial charge in [-0.2, -0.15) is 0 Å². The van der Waals surface area contributed by atoms with Crippen molar-refractivity contribution in [3.8, 4) is 11.1 Å². The predicted molar refractivity (Wildman–Crippen MR) is 121 cm³/mol. The highest BCUT2D eigenvalue weighted by molar-refractivity contribution is 7.90. The number of anilines is 1. The molecule has 8 heteroatoms. The zero-order chi connectivity index (χ0) is 20.6. The summed E-state index contributed by atoms with van der Waals surface area (Å²) in [6.45, 7) is 8.20. The van der Waals surface area contributed by atoms with Crippen molar-refractivity contribution in [1.82, 2.24) is 14.9 Å². The van der Waals surface area contributed by atoms with Crippen molar-refractivity contribution in [1.29, 1.82) is 0 Å². The molecule has 0 spiro atoms. The van der Waals surface area contributed by atoms with Crippen LogP contribution in [0.3, 0.4) is 0 Å². The van der Waals surface area contributed by atoms with E-state index in [1.807, 2.05) is 0 Å². The van der Waals surface area contributed by atoms with E-state index < -0.39 is 9.84 Å². The smallest absolute Gasteiger partial charge is 0.148 e. The van der Waals surface area contributed by atoms with E-state index in [4.69, 9.17) is 0 Å². The molecule has 4 rings (SSSR count). The highest BCUT2D eigenvalue weighted by atomic mass is 32.2. The number of nitrogens with zero attached hydrogens (tertiary/aromatic N) is 4. The fourth-order valence-corrected chi connectivity index (χ4v) is 5.20. The van der Waals surface area contributed by atoms with Gasteiger partial charge in [-0.15, -0.1) is 11.3 Å². The topological polar surface area (TPSA) is 66.4 Å². The second-order valence-electron chi connectivity index (χ2n) is 7.78. The molecule has 0 radical (unpaired) electrons. The van der Waals surface area contributed by atoms with Crippen LogP contribution in [-0.2, 0) is 9.84 Å². The van der Waals surface area contributed by atoms with E-state index in [9.17, 15) is 8.42 Å². The van der Waals surface area contributed by atoms with Crippen molar-refractivity contribution < 1.29 is 8.42 Å². The summed E-state index contributed by atoms with van der Waals surface area (Å²) < 4.78 is 22.9. The monoisotopic (exact) mass is 430 g/mol. The fraction of sp³-hybridized carbons (Fsp3) is 0.429. The van der Waals surface area contributed by atoms with E-state index in [1.165, 1.54) is 28.5 Å². The van der Waals surface area contributed by atoms with Gasteiger partial charge in [0.15, 0.2) is 0 Å². The Kier molecular flexibility index (Phi) is 5.59. The maximum absolute atomic E-state index is 11.4. The summed E-state index contributed by atoms with van der Waals surface area (Å²) in [5.41, 5.74) is 4.94. The Bertz CT molecular complexity index is 1130. The van der Waals surface area contributed by atoms with Crippen LogP contribution in [0.25, 0.3) is 21.3 Å². The number of rotatable bonds is 5. The van der Waals surface area contributed by atoms with Crippen LogP contribution in [0.2, 0.25) is 0 Å². The maximum Gasteiger partial charge on any atom is 0.148 e. The van der Waals surface area contributed by atoms with E-state index >= 15 is 0 Å². The minimum atomic E-state index is -2.93. The van der Waals surface area contributed by atoms with E-state index in [-0.39, 0.29) is 5.75 Å². The SMILES string of the molecule is Cc1ccc(-c2csc3ncnc(N4CCN(CCS(C)(=O)=O)CC4)c23)cc1C. The minimum Gasteiger partial charge on any atom is -0.353 e. The largest absolute Gasteiger partial charge is 0.353 e. The molecular formula is C21H26N4O2S2. The number of hydrogen-bond donors (Lipinski definition) is 0. The molecule has 1 saturated heterocycles. The van der Waals surface area contributed by atoms with Crippen molar-refractivity contribution in [2.45, 2.75) is 13.8 Å². The Morgan fingerprint density at radius 3 is 2.52 bits per heavy atom. The Morgan fingerprint density at radius 2 is 1.83 bits per heavy atom. The normalized spacial score (nSPS) is 15.9. The summed E-state index contributed by atoms with van der Waals surface area (Å²) >= 11 is 1.65. The number of sulfone groups is 1. The van der Waals surface area contributed by atoms with Crippen LogP contribution in [0.1, 0.15) is 11.1 Å². The quantitative estimate of drug-likeness (QED) is 0.620. The Hall–Kier alpha value is -2.03. The molecule has 6 nitrogen and oxygen atoms in total. The molecule has 0 unspecified atom stereocenters. The van der Waals surface area contributed by atoms with Crippen LogP contribution < -0.4 is 4.90 Å². The molecular weight excluding hydrogens is 404 g/mol. The number of aryl methyl sites for hydroxylation is 2. The van der Waals surface area contributed by atoms with Crippen molar-refractivity contribution in [3.63, 3.8) is 0 Å². The zero-order valence-electron chi connectivity index (χ0n) is 17.1. The lowest BCUT2D eigenvalue weighted by atomic mass is 10.0. The molecule has 1 fully saturated rings. The van der Waals surface area contributed by atoms with Gasteiger partial charge in [-0.25, -0.2) is 18.4 Å². The van der Waals surface area contributed by atoms with Gasteiger partial charge < -0.3 is 4.90 Å². The average molecular weight is 431 g/mol. The average Bonchev–Trinajstić information content (AvgIpc) is 3.13. The summed E-state index contributed by atoms with van der Waals surface area (Å²) in [4.78, 5) is 14.7. The fourth-order valence-electron chi connectivity index (χ4n) is 3.70. The first kappa shape index (κ1) is 20.3. The molecule has 0 saturated carbocycles. The number of hydrogen-bond acceptors (Lipinski definition) is 7. The lowest BCUT2D eigenvalue weighted by Crippen LogP contribution is -2.48. The first-order valence-electron chi connectivity index (χ1n) is 9.77. The van der Waals surface area contributed by atoms with Gasteiger partial charge in [-0.05, 0) is 30.5 Å². The molecule has 0 amide bonds. The summed E-state index contributed by atoms with van der Waals surface area (Å²) in [5, 5.41) is 3.29. The van der Waals surface area contributed by atoms with Gasteiger partial charge in [0, 0.05) is 49.9 Å². The lowest BCUT2D eigenvalue weighted by molar-refractivity contribution is 0.271. The first-order valence-corrected chi connectivity index (χ1v) is 12.7. The highest BCUT2D eigenvalue weighted by Crippen LogP contribution is 2.38. The van der Waals surface area contributed by atoms with Crippen LogP contribution >= 0.6 is 11.3 Å². The molecule has 1 aliphatic rings. The summed E-state index contributed by atoms with van der Waals surface area (Å²) in [6.07, 6.45) is 2.94. The number of aromatic nitrogens is 2. The van der Waals surface area contributed by atoms with E-state index in [0.717, 1.165) is 42.2 Å². The predicted octanol–water partition coefficient (Wildman–Crippen LogP) is 3.14. The third-order valence-corrected chi connectivity index (χ3v) is 7.43. The van der Waals surface area contributed by atoms with Gasteiger partial charge in [0.2, 0.25) is 0 Å². The molecule has 3 heterocycles. The van der Waals surface area contributed by atoms with Crippen molar-refractivity contribution >= 4 is 37.2 Å². The standard InChI is InChI=1S/C21H26N4O2S2/c1-15-4-5-17(12-16(15)2)18-13-28-21-19(18)20(22-14-23-21)25-8-6-24(7-9-25)10-11-29(3,26)27/h4-5,12-14H,6-11H2,1-3H3. The van der Waals surface area contributed by atoms with Gasteiger partial charge in [-0.3, -0.25) is 4.90 Å². The lowest BCUT2D eigenvalue weighted by Gasteiger charge is -2.35. The van der Waals surface area contributed by atoms with Gasteiger partial charge in [-0.1, -0.05) is 18.2 Å². The molecule has 1 aliphatic heterocycles. The second-order valence-corrected chi connectivity index (χ2v) is 10.9. The van der Waals surface area contributed by atoms with E-state index in [0.29, 0.717) is 6.54 Å². The van der Waals surface area contributed by atoms with Crippen LogP contribution in [0.4, 0.5) is 5.82 Å². The Labute approximate surface area is 176 Å². The molecule has 0 N–H and O–H groups in total. The third-order valence-electron chi connectivity index (χ3n) is 5.62. The first-order chi connectivity index (χ1) is 13.8. The highest BCUT2D eigenvalue weighted by Gasteiger charge is 2.23. The molecule has 29 heavy (non-hydrogen) atoms. The maximum atomic E-state index is 11.4. The number of fused-ring (bicyclic) bond motifs is 1. The van der Waals surface area contributed by atoms with E-state index in [1.54, 1.807) is 17.7 Å². The van der Waals surface area contributed by atoms with Gasteiger partial charge >= 0.3 is 0 Å². The molecule has 3 aromatic rings. The van der Waals surface area contributed by atoms with Crippen LogP contribution in [-0.4, -0.2) is 68.0 Å². The second kappa shape index (κ2) is 8.01. The van der Waals surface area contributed by atoms with Gasteiger partial charge in [0.1, 0.15) is 26.8 Å². The Balaban J connectivity index is 1.60. The number of thiophene rings is 1. The summed E-state index contributed by atoms with van der Waals surface area (Å²) in [5.74, 6) is 1.19. The van der Waals surface area contributed by atoms with Crippen molar-refractivity contribution in [2.75, 3.05) is 49.6 Å². The molecule has 2 aromatic heterocycles. The molecule has 0 aliphatic carbocycles. The summed E-state index contributed by atoms with van der Waals surface area (Å²) in [7, 11) is -2.93. The Morgan fingerprint density at radius 1 is 1.07 bits per heavy atom. The zero-order valence-corrected chi connectivity index (χ0v) is 18.7. The molecule has 1 aromatic carbocycles. The van der Waals surface area contributed by atoms with Crippen LogP contribution in [0.15, 0.2) is 29.9 Å². The van der Waals surface area contributed by atoms with Crippen LogP contribution in [0, 0.1) is 13.8 Å². The summed E-state index contributed by atoms with van der Waals surface area (Å²) in [6, 6.07) is 6.57. The van der Waals surface area contributed by atoms with Gasteiger partial charge in [0.05, 0.1) is 11.1 Å². The molecule has 154 valence electrons. The van der Waals surface area contributed by atoms with Crippen molar-refractivity contribution in [3.05, 3.63) is 41.0 Å².